The molecule has 0 spiro atoms. The van der Waals surface area contributed by atoms with Gasteiger partial charge in [-0.2, -0.15) is 0 Å². The van der Waals surface area contributed by atoms with Crippen LogP contribution in [0.3, 0.4) is 0 Å². The van der Waals surface area contributed by atoms with Crippen LogP contribution in [0, 0.1) is 0 Å². The smallest absolute Gasteiger partial charge is 0.305 e. The summed E-state index contributed by atoms with van der Waals surface area (Å²) in [5.41, 5.74) is 21.7. The largest absolute Gasteiger partial charge is 0.466 e. The van der Waals surface area contributed by atoms with Crippen LogP contribution in [-0.2, 0) is 19.1 Å². The van der Waals surface area contributed by atoms with Crippen LogP contribution in [0.5, 0.6) is 0 Å². The number of nitrogens with two attached hydrogens (primary N) is 4. The van der Waals surface area contributed by atoms with E-state index in [1.54, 1.807) is 0 Å². The van der Waals surface area contributed by atoms with E-state index >= 15 is 0 Å². The molecule has 0 amide bonds. The number of hydrogen-bond acceptors (Lipinski definition) is 8. The molecule has 154 valence electrons. The quantitative estimate of drug-likeness (QED) is 0.168. The summed E-state index contributed by atoms with van der Waals surface area (Å²) in [5.74, 6) is -0.317. The van der Waals surface area contributed by atoms with Crippen molar-refractivity contribution in [2.24, 2.45) is 22.9 Å². The molecule has 8 heteroatoms. The standard InChI is InChI=1S/C18H38N4O4/c19-15(20)9-7-13-25-17(23)11-5-3-1-2-4-6-12-18(24)26-14-8-10-16(21)22/h15-16H,1-14,19-22H2. The van der Waals surface area contributed by atoms with Gasteiger partial charge >= 0.3 is 11.9 Å². The number of ether oxygens (including phenoxy) is 2. The summed E-state index contributed by atoms with van der Waals surface area (Å²) < 4.78 is 10.2. The molecule has 0 radical (unpaired) electrons. The van der Waals surface area contributed by atoms with Crippen molar-refractivity contribution in [1.29, 1.82) is 0 Å². The first kappa shape index (κ1) is 24.8. The predicted molar refractivity (Wildman–Crippen MR) is 102 cm³/mol. The third-order valence-electron chi connectivity index (χ3n) is 3.90. The van der Waals surface area contributed by atoms with Gasteiger partial charge in [-0.25, -0.2) is 0 Å². The molecule has 0 unspecified atom stereocenters. The average Bonchev–Trinajstić information content (AvgIpc) is 2.57. The molecule has 0 saturated heterocycles. The molecule has 0 saturated carbocycles. The molecular formula is C18H38N4O4. The van der Waals surface area contributed by atoms with Crippen LogP contribution in [0.2, 0.25) is 0 Å². The van der Waals surface area contributed by atoms with Crippen LogP contribution in [-0.4, -0.2) is 37.5 Å². The number of unbranched alkanes of at least 4 members (excludes halogenated alkanes) is 5. The van der Waals surface area contributed by atoms with E-state index in [9.17, 15) is 9.59 Å². The molecule has 0 aromatic carbocycles. The molecule has 0 bridgehead atoms. The summed E-state index contributed by atoms with van der Waals surface area (Å²) >= 11 is 0. The highest BCUT2D eigenvalue weighted by Gasteiger charge is 2.05. The van der Waals surface area contributed by atoms with E-state index in [4.69, 9.17) is 32.4 Å². The molecule has 26 heavy (non-hydrogen) atoms. The molecule has 8 nitrogen and oxygen atoms in total. The van der Waals surface area contributed by atoms with Crippen molar-refractivity contribution >= 4 is 11.9 Å². The lowest BCUT2D eigenvalue weighted by Gasteiger charge is -2.07. The molecular weight excluding hydrogens is 336 g/mol. The van der Waals surface area contributed by atoms with Crippen molar-refractivity contribution < 1.29 is 19.1 Å². The van der Waals surface area contributed by atoms with Gasteiger partial charge < -0.3 is 32.4 Å². The van der Waals surface area contributed by atoms with Crippen LogP contribution in [0.25, 0.3) is 0 Å². The summed E-state index contributed by atoms with van der Waals surface area (Å²) in [6.45, 7) is 0.776. The SMILES string of the molecule is NC(N)CCCOC(=O)CCCCCCCCC(=O)OCCCC(N)N. The number of hydrogen-bond donors (Lipinski definition) is 4. The minimum absolute atomic E-state index is 0.158. The zero-order valence-electron chi connectivity index (χ0n) is 16.0. The van der Waals surface area contributed by atoms with Crippen molar-refractivity contribution in [3.63, 3.8) is 0 Å². The lowest BCUT2D eigenvalue weighted by Crippen LogP contribution is -2.30. The molecule has 0 aromatic rings. The van der Waals surface area contributed by atoms with Crippen LogP contribution >= 0.6 is 0 Å². The van der Waals surface area contributed by atoms with Crippen molar-refractivity contribution in [1.82, 2.24) is 0 Å². The zero-order chi connectivity index (χ0) is 19.6. The van der Waals surface area contributed by atoms with Gasteiger partial charge in [-0.05, 0) is 38.5 Å². The highest BCUT2D eigenvalue weighted by Crippen LogP contribution is 2.10. The molecule has 8 N–H and O–H groups in total. The second-order valence-corrected chi connectivity index (χ2v) is 6.67. The Kier molecular flexibility index (Phi) is 16.4. The predicted octanol–water partition coefficient (Wildman–Crippen LogP) is 1.24. The maximum atomic E-state index is 11.5. The first-order valence-corrected chi connectivity index (χ1v) is 9.75. The molecule has 0 aliphatic rings. The topological polar surface area (TPSA) is 157 Å². The fourth-order valence-corrected chi connectivity index (χ4v) is 2.40. The molecule has 0 atom stereocenters. The van der Waals surface area contributed by atoms with E-state index in [-0.39, 0.29) is 24.3 Å². The Bertz CT molecular complexity index is 331. The molecule has 0 fully saturated rings. The lowest BCUT2D eigenvalue weighted by atomic mass is 10.1. The third-order valence-corrected chi connectivity index (χ3v) is 3.90. The molecule has 0 aromatic heterocycles. The van der Waals surface area contributed by atoms with Gasteiger partial charge in [0.05, 0.1) is 25.5 Å². The minimum Gasteiger partial charge on any atom is -0.466 e. The lowest BCUT2D eigenvalue weighted by molar-refractivity contribution is -0.144. The molecule has 0 rings (SSSR count). The first-order chi connectivity index (χ1) is 12.4. The van der Waals surface area contributed by atoms with Gasteiger partial charge in [0, 0.05) is 12.8 Å². The van der Waals surface area contributed by atoms with Crippen LogP contribution in [0.15, 0.2) is 0 Å². The summed E-state index contributed by atoms with van der Waals surface area (Å²) in [7, 11) is 0. The second-order valence-electron chi connectivity index (χ2n) is 6.67. The fraction of sp³-hybridized carbons (Fsp3) is 0.889. The van der Waals surface area contributed by atoms with E-state index in [0.29, 0.717) is 51.7 Å². The van der Waals surface area contributed by atoms with Crippen LogP contribution in [0.4, 0.5) is 0 Å². The Morgan fingerprint density at radius 1 is 0.577 bits per heavy atom. The number of rotatable bonds is 17. The Labute approximate surface area is 157 Å². The van der Waals surface area contributed by atoms with E-state index in [1.165, 1.54) is 0 Å². The Hall–Kier alpha value is -1.22. The number of carbonyl (C=O) groups is 2. The highest BCUT2D eigenvalue weighted by molar-refractivity contribution is 5.69. The highest BCUT2D eigenvalue weighted by atomic mass is 16.5. The van der Waals surface area contributed by atoms with Gasteiger partial charge in [0.25, 0.3) is 0 Å². The van der Waals surface area contributed by atoms with E-state index in [1.807, 2.05) is 0 Å². The Morgan fingerprint density at radius 3 is 1.27 bits per heavy atom. The zero-order valence-corrected chi connectivity index (χ0v) is 16.0. The Morgan fingerprint density at radius 2 is 0.923 bits per heavy atom. The van der Waals surface area contributed by atoms with E-state index in [0.717, 1.165) is 38.5 Å². The third kappa shape index (κ3) is 19.1. The van der Waals surface area contributed by atoms with Crippen molar-refractivity contribution in [2.45, 2.75) is 89.4 Å². The first-order valence-electron chi connectivity index (χ1n) is 9.75. The monoisotopic (exact) mass is 374 g/mol. The summed E-state index contributed by atoms with van der Waals surface area (Å²) in [6, 6.07) is 0. The van der Waals surface area contributed by atoms with Gasteiger partial charge in [-0.3, -0.25) is 9.59 Å². The normalized spacial score (nSPS) is 11.2. The summed E-state index contributed by atoms with van der Waals surface area (Å²) in [5, 5.41) is 0. The van der Waals surface area contributed by atoms with Gasteiger partial charge in [-0.1, -0.05) is 25.7 Å². The van der Waals surface area contributed by atoms with Gasteiger partial charge in [0.2, 0.25) is 0 Å². The van der Waals surface area contributed by atoms with Gasteiger partial charge in [0.15, 0.2) is 0 Å². The summed E-state index contributed by atoms with van der Waals surface area (Å²) in [4.78, 5) is 23.0. The number of esters is 2. The van der Waals surface area contributed by atoms with Gasteiger partial charge in [0.1, 0.15) is 0 Å². The van der Waals surface area contributed by atoms with Crippen molar-refractivity contribution in [2.75, 3.05) is 13.2 Å². The maximum absolute atomic E-state index is 11.5. The van der Waals surface area contributed by atoms with Gasteiger partial charge in [-0.15, -0.1) is 0 Å². The van der Waals surface area contributed by atoms with Crippen molar-refractivity contribution in [3.05, 3.63) is 0 Å². The average molecular weight is 375 g/mol. The molecule has 0 aliphatic carbocycles. The van der Waals surface area contributed by atoms with Crippen LogP contribution < -0.4 is 22.9 Å². The van der Waals surface area contributed by atoms with Crippen LogP contribution in [0.1, 0.15) is 77.0 Å². The number of carbonyl (C=O) groups excluding carboxylic acids is 2. The van der Waals surface area contributed by atoms with E-state index in [2.05, 4.69) is 0 Å². The maximum Gasteiger partial charge on any atom is 0.305 e. The minimum atomic E-state index is -0.342. The molecule has 0 heterocycles. The Balaban J connectivity index is 3.30. The molecule has 0 aliphatic heterocycles. The van der Waals surface area contributed by atoms with Crippen molar-refractivity contribution in [3.8, 4) is 0 Å². The van der Waals surface area contributed by atoms with E-state index < -0.39 is 0 Å². The second kappa shape index (κ2) is 17.2. The fourth-order valence-electron chi connectivity index (χ4n) is 2.40. The summed E-state index contributed by atoms with van der Waals surface area (Å²) in [6.07, 6.45) is 8.69.